The van der Waals surface area contributed by atoms with Crippen LogP contribution in [0.2, 0.25) is 0 Å². The Morgan fingerprint density at radius 2 is 1.56 bits per heavy atom. The largest absolute Gasteiger partial charge is 0.340 e. The minimum absolute atomic E-state index is 0.158. The van der Waals surface area contributed by atoms with Crippen molar-refractivity contribution in [2.75, 3.05) is 13.1 Å². The zero-order valence-corrected chi connectivity index (χ0v) is 18.3. The second-order valence-electron chi connectivity index (χ2n) is 6.62. The van der Waals surface area contributed by atoms with Gasteiger partial charge < -0.3 is 10.6 Å². The van der Waals surface area contributed by atoms with Crippen molar-refractivity contribution >= 4 is 65.5 Å². The Hall–Kier alpha value is 0.530. The van der Waals surface area contributed by atoms with Crippen molar-refractivity contribution in [3.8, 4) is 0 Å². The van der Waals surface area contributed by atoms with Crippen molar-refractivity contribution < 1.29 is 4.79 Å². The van der Waals surface area contributed by atoms with Gasteiger partial charge in [0.15, 0.2) is 0 Å². The summed E-state index contributed by atoms with van der Waals surface area (Å²) < 4.78 is -3.69. The third kappa shape index (κ3) is 9.33. The zero-order chi connectivity index (χ0) is 18.7. The number of carbonyl (C=O) groups is 1. The van der Waals surface area contributed by atoms with Crippen LogP contribution in [0.15, 0.2) is 30.3 Å². The van der Waals surface area contributed by atoms with E-state index in [4.69, 9.17) is 61.9 Å². The van der Waals surface area contributed by atoms with Gasteiger partial charge in [0, 0.05) is 19.0 Å². The van der Waals surface area contributed by atoms with Gasteiger partial charge in [-0.2, -0.15) is 0 Å². The van der Waals surface area contributed by atoms with E-state index in [1.165, 1.54) is 18.4 Å². The number of likely N-dealkylation sites (tertiary alicyclic amines) is 1. The van der Waals surface area contributed by atoms with Gasteiger partial charge in [-0.05, 0) is 37.2 Å². The molecule has 2 atom stereocenters. The number of nitrogens with zero attached hydrogens (tertiary/aromatic N) is 1. The molecule has 1 amide bonds. The second kappa shape index (κ2) is 8.69. The van der Waals surface area contributed by atoms with Crippen LogP contribution in [-0.4, -0.2) is 29.9 Å². The van der Waals surface area contributed by atoms with Crippen LogP contribution in [-0.2, 0) is 4.79 Å². The molecule has 1 aliphatic heterocycles. The molecular weight excluding hydrogens is 444 g/mol. The van der Waals surface area contributed by atoms with Crippen molar-refractivity contribution in [1.29, 1.82) is 0 Å². The summed E-state index contributed by atoms with van der Waals surface area (Å²) in [6.07, 6.45) is 4.36. The quantitative estimate of drug-likeness (QED) is 0.521. The van der Waals surface area contributed by atoms with Crippen molar-refractivity contribution in [2.24, 2.45) is 11.7 Å². The summed E-state index contributed by atoms with van der Waals surface area (Å²) in [7, 11) is 0. The van der Waals surface area contributed by atoms with Crippen molar-refractivity contribution in [3.05, 3.63) is 35.9 Å². The first-order valence-corrected chi connectivity index (χ1v) is 14.9. The summed E-state index contributed by atoms with van der Waals surface area (Å²) >= 11 is 24.9. The van der Waals surface area contributed by atoms with E-state index in [1.54, 1.807) is 0 Å². The van der Waals surface area contributed by atoms with Crippen LogP contribution >= 0.6 is 59.6 Å². The maximum Gasteiger partial charge on any atom is 0.239 e. The van der Waals surface area contributed by atoms with E-state index in [0.717, 1.165) is 31.8 Å². The first-order valence-electron chi connectivity index (χ1n) is 8.18. The zero-order valence-electron chi connectivity index (χ0n) is 13.6. The van der Waals surface area contributed by atoms with Gasteiger partial charge >= 0.3 is 59.6 Å². The molecule has 3 rings (SSSR count). The summed E-state index contributed by atoms with van der Waals surface area (Å²) in [6.45, 7) is 1.75. The predicted octanol–water partition coefficient (Wildman–Crippen LogP) is 6.44. The monoisotopic (exact) mass is 464 g/mol. The Kier molecular flexibility index (Phi) is 7.59. The Morgan fingerprint density at radius 3 is 2.08 bits per heavy atom. The molecule has 25 heavy (non-hydrogen) atoms. The number of carbonyl (C=O) groups excluding carboxylic acids is 1. The molecule has 3 nitrogen and oxygen atoms in total. The number of rotatable bonds is 3. The molecule has 0 bridgehead atoms. The van der Waals surface area contributed by atoms with Crippen LogP contribution in [0.1, 0.15) is 37.2 Å². The molecule has 142 valence electrons. The van der Waals surface area contributed by atoms with Crippen LogP contribution in [0, 0.1) is 5.92 Å². The standard InChI is InChI=1S/C16H22N2O.Cl5P/c17-15-9-8-14(13-4-2-1-3-5-13)11-18(16(15)19)10-12-6-7-12;1-6(2,3,4)5/h1-5,12,14-15H,6-11,17H2;. The molecule has 0 aromatic heterocycles. The average Bonchev–Trinajstić information content (AvgIpc) is 3.32. The third-order valence-electron chi connectivity index (χ3n) is 4.34. The molecule has 1 aliphatic carbocycles. The minimum Gasteiger partial charge on any atom is -0.340 e. The van der Waals surface area contributed by atoms with E-state index in [-0.39, 0.29) is 11.9 Å². The van der Waals surface area contributed by atoms with Gasteiger partial charge in [0.25, 0.3) is 0 Å². The van der Waals surface area contributed by atoms with Crippen molar-refractivity contribution in [3.63, 3.8) is 0 Å². The van der Waals surface area contributed by atoms with E-state index in [1.807, 2.05) is 11.0 Å². The summed E-state index contributed by atoms with van der Waals surface area (Å²) in [6, 6.07) is 10.2. The average molecular weight is 467 g/mol. The Morgan fingerprint density at radius 1 is 1.00 bits per heavy atom. The van der Waals surface area contributed by atoms with Gasteiger partial charge in [-0.1, -0.05) is 30.3 Å². The Balaban J connectivity index is 0.000000326. The maximum atomic E-state index is 12.3. The molecule has 9 heteroatoms. The number of nitrogens with two attached hydrogens (primary N) is 1. The van der Waals surface area contributed by atoms with Gasteiger partial charge in [0.05, 0.1) is 6.04 Å². The van der Waals surface area contributed by atoms with E-state index in [2.05, 4.69) is 24.3 Å². The molecule has 2 unspecified atom stereocenters. The van der Waals surface area contributed by atoms with Crippen LogP contribution in [0.3, 0.4) is 0 Å². The van der Waals surface area contributed by atoms with Gasteiger partial charge in [0.2, 0.25) is 5.91 Å². The van der Waals surface area contributed by atoms with Crippen molar-refractivity contribution in [1.82, 2.24) is 4.90 Å². The normalized spacial score (nSPS) is 26.1. The molecule has 1 saturated heterocycles. The molecule has 0 radical (unpaired) electrons. The van der Waals surface area contributed by atoms with Crippen LogP contribution in [0.4, 0.5) is 0 Å². The summed E-state index contributed by atoms with van der Waals surface area (Å²) in [4.78, 5) is 14.3. The molecule has 1 aromatic rings. The molecular formula is C16H22Cl5N2OP. The topological polar surface area (TPSA) is 46.3 Å². The molecule has 2 N–H and O–H groups in total. The number of benzene rings is 1. The number of hydrogen-bond donors (Lipinski definition) is 1. The second-order valence-corrected chi connectivity index (χ2v) is 23.2. The maximum absolute atomic E-state index is 12.3. The molecule has 2 fully saturated rings. The predicted molar refractivity (Wildman–Crippen MR) is 112 cm³/mol. The molecule has 1 heterocycles. The first-order chi connectivity index (χ1) is 11.5. The molecule has 1 aromatic carbocycles. The van der Waals surface area contributed by atoms with Gasteiger partial charge in [-0.3, -0.25) is 4.79 Å². The fourth-order valence-corrected chi connectivity index (χ4v) is 2.96. The van der Waals surface area contributed by atoms with Crippen LogP contribution in [0.25, 0.3) is 0 Å². The van der Waals surface area contributed by atoms with E-state index < -0.39 is 3.37 Å². The van der Waals surface area contributed by atoms with Gasteiger partial charge in [-0.15, -0.1) is 0 Å². The smallest absolute Gasteiger partial charge is 0.239 e. The minimum atomic E-state index is -3.69. The van der Waals surface area contributed by atoms with Crippen molar-refractivity contribution in [2.45, 2.75) is 37.6 Å². The summed E-state index contributed by atoms with van der Waals surface area (Å²) in [5.74, 6) is 1.33. The van der Waals surface area contributed by atoms with Gasteiger partial charge in [0.1, 0.15) is 0 Å². The van der Waals surface area contributed by atoms with Gasteiger partial charge in [-0.25, -0.2) is 0 Å². The SMILES string of the molecule is ClP(Cl)(Cl)(Cl)Cl.NC1CCC(c2ccccc2)CN(CC2CC2)C1=O. The van der Waals surface area contributed by atoms with Crippen LogP contribution < -0.4 is 5.73 Å². The summed E-state index contributed by atoms with van der Waals surface area (Å²) in [5, 5.41) is 0. The first kappa shape index (κ1) is 21.8. The van der Waals surface area contributed by atoms with E-state index >= 15 is 0 Å². The third-order valence-corrected chi connectivity index (χ3v) is 4.34. The molecule has 0 spiro atoms. The Labute approximate surface area is 172 Å². The Bertz CT molecular complexity index is 572. The summed E-state index contributed by atoms with van der Waals surface area (Å²) in [5.41, 5.74) is 7.35. The molecule has 1 saturated carbocycles. The fraction of sp³-hybridized carbons (Fsp3) is 0.562. The van der Waals surface area contributed by atoms with Crippen LogP contribution in [0.5, 0.6) is 0 Å². The fourth-order valence-electron chi connectivity index (χ4n) is 2.96. The van der Waals surface area contributed by atoms with E-state index in [0.29, 0.717) is 5.92 Å². The number of halogens is 5. The van der Waals surface area contributed by atoms with E-state index in [9.17, 15) is 4.79 Å². The number of hydrogen-bond acceptors (Lipinski definition) is 2. The number of amides is 1. The molecule has 2 aliphatic rings.